The van der Waals surface area contributed by atoms with Crippen LogP contribution in [0.4, 0.5) is 0 Å². The molecule has 0 spiro atoms. The Morgan fingerprint density at radius 1 is 1.50 bits per heavy atom. The van der Waals surface area contributed by atoms with Crippen molar-refractivity contribution in [3.05, 3.63) is 24.3 Å². The number of hydrogen-bond acceptors (Lipinski definition) is 2. The fraction of sp³-hybridized carbons (Fsp3) is 0.500. The quantitative estimate of drug-likeness (QED) is 0.503. The lowest BCUT2D eigenvalue weighted by Crippen LogP contribution is -2.35. The van der Waals surface area contributed by atoms with Crippen LogP contribution in [0.2, 0.25) is 0 Å². The van der Waals surface area contributed by atoms with E-state index in [9.17, 15) is 0 Å². The van der Waals surface area contributed by atoms with Crippen LogP contribution < -0.4 is 10.6 Å². The number of hydrogen-bond donors (Lipinski definition) is 2. The molecule has 0 saturated carbocycles. The average molecular weight is 136 g/mol. The summed E-state index contributed by atoms with van der Waals surface area (Å²) in [6.45, 7) is 4.89. The van der Waals surface area contributed by atoms with Gasteiger partial charge in [0.15, 0.2) is 0 Å². The van der Waals surface area contributed by atoms with Gasteiger partial charge in [-0.15, -0.1) is 0 Å². The van der Waals surface area contributed by atoms with Gasteiger partial charge in [-0.2, -0.15) is 0 Å². The number of fused-ring (bicyclic) bond motifs is 1. The third-order valence-corrected chi connectivity index (χ3v) is 2.21. The first-order valence-corrected chi connectivity index (χ1v) is 3.70. The van der Waals surface area contributed by atoms with E-state index >= 15 is 0 Å². The van der Waals surface area contributed by atoms with Gasteiger partial charge in [-0.1, -0.05) is 18.7 Å². The molecule has 0 bridgehead atoms. The average Bonchev–Trinajstić information content (AvgIpc) is 2.36. The van der Waals surface area contributed by atoms with E-state index in [1.165, 1.54) is 5.57 Å². The van der Waals surface area contributed by atoms with Crippen molar-refractivity contribution >= 4 is 0 Å². The van der Waals surface area contributed by atoms with Gasteiger partial charge in [0.25, 0.3) is 0 Å². The van der Waals surface area contributed by atoms with E-state index in [4.69, 9.17) is 0 Å². The minimum absolute atomic E-state index is 0.491. The highest BCUT2D eigenvalue weighted by Crippen LogP contribution is 2.18. The van der Waals surface area contributed by atoms with Gasteiger partial charge in [0.2, 0.25) is 0 Å². The molecule has 2 rings (SSSR count). The molecular weight excluding hydrogens is 124 g/mol. The van der Waals surface area contributed by atoms with Crippen LogP contribution in [0.15, 0.2) is 24.3 Å². The minimum atomic E-state index is 0.491. The minimum Gasteiger partial charge on any atom is -0.299 e. The SMILES string of the molecule is C=C1C=CCC2NCNC12. The summed E-state index contributed by atoms with van der Waals surface area (Å²) in [7, 11) is 0. The highest BCUT2D eigenvalue weighted by molar-refractivity contribution is 5.29. The molecule has 0 aromatic carbocycles. The Hall–Kier alpha value is -0.600. The van der Waals surface area contributed by atoms with Crippen molar-refractivity contribution in [2.24, 2.45) is 0 Å². The van der Waals surface area contributed by atoms with E-state index in [-0.39, 0.29) is 0 Å². The Morgan fingerprint density at radius 2 is 2.40 bits per heavy atom. The molecule has 0 radical (unpaired) electrons. The summed E-state index contributed by atoms with van der Waals surface area (Å²) in [4.78, 5) is 0. The summed E-state index contributed by atoms with van der Waals surface area (Å²) in [6.07, 6.45) is 5.43. The predicted octanol–water partition coefficient (Wildman–Crippen LogP) is 0.390. The molecule has 1 fully saturated rings. The van der Waals surface area contributed by atoms with E-state index in [1.807, 2.05) is 0 Å². The van der Waals surface area contributed by atoms with Gasteiger partial charge in [-0.3, -0.25) is 10.6 Å². The molecule has 0 aromatic rings. The summed E-state index contributed by atoms with van der Waals surface area (Å²) in [5, 5.41) is 6.71. The summed E-state index contributed by atoms with van der Waals surface area (Å²) >= 11 is 0. The molecule has 0 aromatic heterocycles. The molecular formula is C8H12N2. The largest absolute Gasteiger partial charge is 0.299 e. The maximum Gasteiger partial charge on any atom is 0.0483 e. The van der Waals surface area contributed by atoms with Crippen molar-refractivity contribution in [1.82, 2.24) is 10.6 Å². The van der Waals surface area contributed by atoms with Gasteiger partial charge < -0.3 is 0 Å². The van der Waals surface area contributed by atoms with Crippen LogP contribution >= 0.6 is 0 Å². The van der Waals surface area contributed by atoms with Crippen molar-refractivity contribution < 1.29 is 0 Å². The number of nitrogens with one attached hydrogen (secondary N) is 2. The Labute approximate surface area is 61.0 Å². The lowest BCUT2D eigenvalue weighted by Gasteiger charge is -2.21. The zero-order valence-electron chi connectivity index (χ0n) is 5.93. The third kappa shape index (κ3) is 0.805. The van der Waals surface area contributed by atoms with Gasteiger partial charge in [0, 0.05) is 18.8 Å². The first-order valence-electron chi connectivity index (χ1n) is 3.70. The maximum absolute atomic E-state index is 3.97. The monoisotopic (exact) mass is 136 g/mol. The first kappa shape index (κ1) is 6.13. The molecule has 2 heteroatoms. The van der Waals surface area contributed by atoms with Crippen molar-refractivity contribution in [3.63, 3.8) is 0 Å². The maximum atomic E-state index is 3.97. The van der Waals surface area contributed by atoms with Crippen LogP contribution in [0.5, 0.6) is 0 Å². The fourth-order valence-corrected chi connectivity index (χ4v) is 1.64. The van der Waals surface area contributed by atoms with E-state index in [1.54, 1.807) is 0 Å². The smallest absolute Gasteiger partial charge is 0.0483 e. The highest BCUT2D eigenvalue weighted by Gasteiger charge is 2.28. The molecule has 2 nitrogen and oxygen atoms in total. The highest BCUT2D eigenvalue weighted by atomic mass is 15.2. The van der Waals surface area contributed by atoms with E-state index < -0.39 is 0 Å². The lowest BCUT2D eigenvalue weighted by molar-refractivity contribution is 0.559. The van der Waals surface area contributed by atoms with E-state index in [2.05, 4.69) is 29.4 Å². The van der Waals surface area contributed by atoms with Crippen molar-refractivity contribution in [2.45, 2.75) is 18.5 Å². The molecule has 1 saturated heterocycles. The zero-order valence-corrected chi connectivity index (χ0v) is 5.93. The fourth-order valence-electron chi connectivity index (χ4n) is 1.64. The lowest BCUT2D eigenvalue weighted by atomic mass is 9.94. The molecule has 1 aliphatic heterocycles. The van der Waals surface area contributed by atoms with Crippen LogP contribution in [0.1, 0.15) is 6.42 Å². The second kappa shape index (κ2) is 2.22. The van der Waals surface area contributed by atoms with Crippen molar-refractivity contribution in [1.29, 1.82) is 0 Å². The summed E-state index contributed by atoms with van der Waals surface area (Å²) in [5.74, 6) is 0. The molecule has 10 heavy (non-hydrogen) atoms. The van der Waals surface area contributed by atoms with Crippen LogP contribution in [0, 0.1) is 0 Å². The Kier molecular flexibility index (Phi) is 1.36. The third-order valence-electron chi connectivity index (χ3n) is 2.21. The topological polar surface area (TPSA) is 24.1 Å². The van der Waals surface area contributed by atoms with Crippen molar-refractivity contribution in [3.8, 4) is 0 Å². The van der Waals surface area contributed by atoms with E-state index in [0.29, 0.717) is 12.1 Å². The molecule has 2 atom stereocenters. The molecule has 1 heterocycles. The zero-order chi connectivity index (χ0) is 6.97. The molecule has 1 aliphatic carbocycles. The van der Waals surface area contributed by atoms with Gasteiger partial charge in [0.05, 0.1) is 0 Å². The van der Waals surface area contributed by atoms with Gasteiger partial charge >= 0.3 is 0 Å². The van der Waals surface area contributed by atoms with Crippen molar-refractivity contribution in [2.75, 3.05) is 6.67 Å². The van der Waals surface area contributed by atoms with Gasteiger partial charge in [0.1, 0.15) is 0 Å². The normalized spacial score (nSPS) is 38.2. The summed E-state index contributed by atoms with van der Waals surface area (Å²) in [5.41, 5.74) is 1.21. The molecule has 2 aliphatic rings. The Morgan fingerprint density at radius 3 is 3.20 bits per heavy atom. The molecule has 0 amide bonds. The molecule has 54 valence electrons. The second-order valence-corrected chi connectivity index (χ2v) is 2.88. The van der Waals surface area contributed by atoms with E-state index in [0.717, 1.165) is 13.1 Å². The first-order chi connectivity index (χ1) is 4.88. The number of rotatable bonds is 0. The Bertz CT molecular complexity index is 184. The molecule has 2 N–H and O–H groups in total. The van der Waals surface area contributed by atoms with Crippen LogP contribution in [0.3, 0.4) is 0 Å². The van der Waals surface area contributed by atoms with Gasteiger partial charge in [-0.05, 0) is 12.0 Å². The van der Waals surface area contributed by atoms with Crippen LogP contribution in [-0.2, 0) is 0 Å². The summed E-state index contributed by atoms with van der Waals surface area (Å²) < 4.78 is 0. The molecule has 2 unspecified atom stereocenters. The van der Waals surface area contributed by atoms with Crippen LogP contribution in [-0.4, -0.2) is 18.8 Å². The summed E-state index contributed by atoms with van der Waals surface area (Å²) in [6, 6.07) is 1.09. The predicted molar refractivity (Wildman–Crippen MR) is 41.6 cm³/mol. The Balaban J connectivity index is 2.20. The van der Waals surface area contributed by atoms with Gasteiger partial charge in [-0.25, -0.2) is 0 Å². The standard InChI is InChI=1S/C8H12N2/c1-6-3-2-4-7-8(6)10-5-9-7/h2-3,7-10H,1,4-5H2. The van der Waals surface area contributed by atoms with Crippen LogP contribution in [0.25, 0.3) is 0 Å². The second-order valence-electron chi connectivity index (χ2n) is 2.88.